The summed E-state index contributed by atoms with van der Waals surface area (Å²) >= 11 is 7.33. The van der Waals surface area contributed by atoms with Crippen molar-refractivity contribution in [2.45, 2.75) is 6.04 Å². The largest absolute Gasteiger partial charge is 0.365 e. The summed E-state index contributed by atoms with van der Waals surface area (Å²) < 4.78 is 0. The monoisotopic (exact) mass is 249 g/mol. The molecular formula is C11H8ClN3S. The van der Waals surface area contributed by atoms with E-state index < -0.39 is 6.04 Å². The first kappa shape index (κ1) is 10.9. The van der Waals surface area contributed by atoms with Gasteiger partial charge in [0.05, 0.1) is 17.3 Å². The van der Waals surface area contributed by atoms with Crippen LogP contribution in [-0.2, 0) is 0 Å². The SMILES string of the molecule is N#CC(Nc1cccc(Cl)c1)c1cscn1. The molecule has 1 N–H and O–H groups in total. The minimum Gasteiger partial charge on any atom is -0.365 e. The fourth-order valence-electron chi connectivity index (χ4n) is 1.28. The second kappa shape index (κ2) is 4.97. The minimum atomic E-state index is -0.440. The third-order valence-electron chi connectivity index (χ3n) is 2.01. The summed E-state index contributed by atoms with van der Waals surface area (Å²) in [4.78, 5) is 4.11. The molecule has 1 aromatic heterocycles. The normalized spacial score (nSPS) is 11.8. The van der Waals surface area contributed by atoms with Gasteiger partial charge in [-0.3, -0.25) is 0 Å². The van der Waals surface area contributed by atoms with Gasteiger partial charge in [0.2, 0.25) is 0 Å². The zero-order chi connectivity index (χ0) is 11.4. The number of thiazole rings is 1. The molecule has 1 unspecified atom stereocenters. The van der Waals surface area contributed by atoms with E-state index in [2.05, 4.69) is 16.4 Å². The van der Waals surface area contributed by atoms with Crippen LogP contribution in [-0.4, -0.2) is 4.98 Å². The number of halogens is 1. The minimum absolute atomic E-state index is 0.440. The number of hydrogen-bond donors (Lipinski definition) is 1. The lowest BCUT2D eigenvalue weighted by Gasteiger charge is -2.10. The van der Waals surface area contributed by atoms with Gasteiger partial charge in [-0.25, -0.2) is 4.98 Å². The van der Waals surface area contributed by atoms with Gasteiger partial charge in [0, 0.05) is 16.1 Å². The molecule has 2 rings (SSSR count). The molecule has 0 saturated heterocycles. The van der Waals surface area contributed by atoms with Crippen LogP contribution in [0.15, 0.2) is 35.2 Å². The van der Waals surface area contributed by atoms with Crippen LogP contribution in [0.25, 0.3) is 0 Å². The first-order chi connectivity index (χ1) is 7.79. The molecule has 0 saturated carbocycles. The molecule has 1 aromatic carbocycles. The average Bonchev–Trinajstić information content (AvgIpc) is 2.79. The van der Waals surface area contributed by atoms with Gasteiger partial charge in [0.25, 0.3) is 0 Å². The number of aromatic nitrogens is 1. The average molecular weight is 250 g/mol. The lowest BCUT2D eigenvalue weighted by Crippen LogP contribution is -2.08. The maximum Gasteiger partial charge on any atom is 0.158 e. The summed E-state index contributed by atoms with van der Waals surface area (Å²) in [5.74, 6) is 0. The van der Waals surface area contributed by atoms with Crippen molar-refractivity contribution in [2.75, 3.05) is 5.32 Å². The van der Waals surface area contributed by atoms with E-state index in [1.165, 1.54) is 11.3 Å². The van der Waals surface area contributed by atoms with Crippen LogP contribution < -0.4 is 5.32 Å². The summed E-state index contributed by atoms with van der Waals surface area (Å²) in [6.07, 6.45) is 0. The summed E-state index contributed by atoms with van der Waals surface area (Å²) in [6, 6.07) is 8.98. The first-order valence-corrected chi connectivity index (χ1v) is 5.91. The van der Waals surface area contributed by atoms with Gasteiger partial charge in [0.1, 0.15) is 0 Å². The van der Waals surface area contributed by atoms with E-state index in [4.69, 9.17) is 16.9 Å². The first-order valence-electron chi connectivity index (χ1n) is 4.59. The number of nitrogens with one attached hydrogen (secondary N) is 1. The molecule has 0 aliphatic rings. The van der Waals surface area contributed by atoms with Gasteiger partial charge in [-0.1, -0.05) is 17.7 Å². The molecule has 0 fully saturated rings. The van der Waals surface area contributed by atoms with E-state index in [0.717, 1.165) is 11.4 Å². The number of benzene rings is 1. The topological polar surface area (TPSA) is 48.7 Å². The Labute approximate surface area is 102 Å². The van der Waals surface area contributed by atoms with Crippen LogP contribution >= 0.6 is 22.9 Å². The number of anilines is 1. The lowest BCUT2D eigenvalue weighted by molar-refractivity contribution is 0.951. The van der Waals surface area contributed by atoms with Gasteiger partial charge in [-0.2, -0.15) is 5.26 Å². The molecule has 5 heteroatoms. The molecule has 0 radical (unpaired) electrons. The van der Waals surface area contributed by atoms with Crippen molar-refractivity contribution >= 4 is 28.6 Å². The molecule has 0 spiro atoms. The Balaban J connectivity index is 2.17. The van der Waals surface area contributed by atoms with Crippen LogP contribution in [0.3, 0.4) is 0 Å². The molecule has 2 aromatic rings. The third-order valence-corrected chi connectivity index (χ3v) is 2.85. The van der Waals surface area contributed by atoms with Crippen molar-refractivity contribution < 1.29 is 0 Å². The van der Waals surface area contributed by atoms with Crippen LogP contribution in [0.1, 0.15) is 11.7 Å². The van der Waals surface area contributed by atoms with Crippen LogP contribution in [0, 0.1) is 11.3 Å². The number of nitriles is 1. The maximum absolute atomic E-state index is 9.05. The van der Waals surface area contributed by atoms with Gasteiger partial charge < -0.3 is 5.32 Å². The van der Waals surface area contributed by atoms with Gasteiger partial charge in [0.15, 0.2) is 6.04 Å². The molecule has 80 valence electrons. The number of nitrogens with zero attached hydrogens (tertiary/aromatic N) is 2. The Morgan fingerprint density at radius 1 is 1.50 bits per heavy atom. The van der Waals surface area contributed by atoms with Crippen molar-refractivity contribution in [3.05, 3.63) is 45.9 Å². The standard InChI is InChI=1S/C11H8ClN3S/c12-8-2-1-3-9(4-8)15-10(5-13)11-6-16-7-14-11/h1-4,6-7,10,15H. The smallest absolute Gasteiger partial charge is 0.158 e. The highest BCUT2D eigenvalue weighted by Crippen LogP contribution is 2.21. The molecule has 0 aliphatic heterocycles. The molecule has 0 bridgehead atoms. The summed E-state index contributed by atoms with van der Waals surface area (Å²) in [5, 5.41) is 14.6. The Morgan fingerprint density at radius 3 is 3.00 bits per heavy atom. The Morgan fingerprint density at radius 2 is 2.38 bits per heavy atom. The van der Waals surface area contributed by atoms with E-state index in [9.17, 15) is 0 Å². The highest BCUT2D eigenvalue weighted by Gasteiger charge is 2.11. The van der Waals surface area contributed by atoms with Crippen molar-refractivity contribution in [1.82, 2.24) is 4.98 Å². The molecule has 0 amide bonds. The van der Waals surface area contributed by atoms with Crippen molar-refractivity contribution in [2.24, 2.45) is 0 Å². The molecule has 0 aliphatic carbocycles. The number of hydrogen-bond acceptors (Lipinski definition) is 4. The molecule has 3 nitrogen and oxygen atoms in total. The molecule has 1 heterocycles. The number of rotatable bonds is 3. The molecular weight excluding hydrogens is 242 g/mol. The summed E-state index contributed by atoms with van der Waals surface area (Å²) in [7, 11) is 0. The summed E-state index contributed by atoms with van der Waals surface area (Å²) in [5.41, 5.74) is 3.25. The molecule has 16 heavy (non-hydrogen) atoms. The predicted molar refractivity (Wildman–Crippen MR) is 65.5 cm³/mol. The van der Waals surface area contributed by atoms with Gasteiger partial charge in [-0.15, -0.1) is 11.3 Å². The molecule has 1 atom stereocenters. The van der Waals surface area contributed by atoms with E-state index in [-0.39, 0.29) is 0 Å². The van der Waals surface area contributed by atoms with Crippen LogP contribution in [0.4, 0.5) is 5.69 Å². The Hall–Kier alpha value is -1.57. The summed E-state index contributed by atoms with van der Waals surface area (Å²) in [6.45, 7) is 0. The van der Waals surface area contributed by atoms with Crippen molar-refractivity contribution in [3.8, 4) is 6.07 Å². The van der Waals surface area contributed by atoms with Crippen LogP contribution in [0.5, 0.6) is 0 Å². The second-order valence-corrected chi connectivity index (χ2v) is 4.29. The Kier molecular flexibility index (Phi) is 3.40. The van der Waals surface area contributed by atoms with Crippen LogP contribution in [0.2, 0.25) is 5.02 Å². The fourth-order valence-corrected chi connectivity index (χ4v) is 2.05. The lowest BCUT2D eigenvalue weighted by atomic mass is 10.2. The van der Waals surface area contributed by atoms with Gasteiger partial charge in [-0.05, 0) is 18.2 Å². The van der Waals surface area contributed by atoms with Crippen molar-refractivity contribution in [1.29, 1.82) is 5.26 Å². The zero-order valence-electron chi connectivity index (χ0n) is 8.22. The highest BCUT2D eigenvalue weighted by molar-refractivity contribution is 7.07. The van der Waals surface area contributed by atoms with E-state index >= 15 is 0 Å². The second-order valence-electron chi connectivity index (χ2n) is 3.13. The van der Waals surface area contributed by atoms with Gasteiger partial charge >= 0.3 is 0 Å². The Bertz CT molecular complexity index is 504. The van der Waals surface area contributed by atoms with E-state index in [1.54, 1.807) is 17.6 Å². The van der Waals surface area contributed by atoms with Crippen molar-refractivity contribution in [3.63, 3.8) is 0 Å². The zero-order valence-corrected chi connectivity index (χ0v) is 9.79. The maximum atomic E-state index is 9.05. The highest BCUT2D eigenvalue weighted by atomic mass is 35.5. The predicted octanol–water partition coefficient (Wildman–Crippen LogP) is 3.47. The fraction of sp³-hybridized carbons (Fsp3) is 0.0909. The third kappa shape index (κ3) is 2.51. The van der Waals surface area contributed by atoms with E-state index in [1.807, 2.05) is 17.5 Å². The quantitative estimate of drug-likeness (QED) is 0.906. The van der Waals surface area contributed by atoms with E-state index in [0.29, 0.717) is 5.02 Å².